The van der Waals surface area contributed by atoms with E-state index in [2.05, 4.69) is 177 Å². The van der Waals surface area contributed by atoms with Gasteiger partial charge in [-0.15, -0.1) is 34.0 Å². The van der Waals surface area contributed by atoms with Crippen LogP contribution in [0.1, 0.15) is 5.56 Å². The fourth-order valence-corrected chi connectivity index (χ4v) is 12.4. The predicted molar refractivity (Wildman–Crippen MR) is 253 cm³/mol. The summed E-state index contributed by atoms with van der Waals surface area (Å²) in [6.07, 6.45) is 0. The van der Waals surface area contributed by atoms with Crippen LogP contribution in [0.3, 0.4) is 0 Å². The molecule has 8 aromatic carbocycles. The molecule has 0 saturated carbocycles. The van der Waals surface area contributed by atoms with Gasteiger partial charge in [-0.1, -0.05) is 140 Å². The normalized spacial score (nSPS) is 11.9. The Labute approximate surface area is 347 Å². The highest BCUT2D eigenvalue weighted by atomic mass is 32.1. The average molecular weight is 793 g/mol. The Morgan fingerprint density at radius 1 is 0.328 bits per heavy atom. The molecule has 0 aliphatic heterocycles. The molecule has 0 bridgehead atoms. The van der Waals surface area contributed by atoms with Crippen LogP contribution >= 0.6 is 34.0 Å². The molecule has 0 atom stereocenters. The van der Waals surface area contributed by atoms with Crippen LogP contribution in [0.2, 0.25) is 0 Å². The number of fused-ring (bicyclic) bond motifs is 9. The smallest absolute Gasteiger partial charge is 0.160 e. The third-order valence-corrected chi connectivity index (χ3v) is 15.1. The lowest BCUT2D eigenvalue weighted by atomic mass is 9.94. The van der Waals surface area contributed by atoms with Crippen LogP contribution in [0, 0.1) is 6.92 Å². The zero-order valence-electron chi connectivity index (χ0n) is 31.4. The van der Waals surface area contributed by atoms with E-state index in [1.165, 1.54) is 82.8 Å². The van der Waals surface area contributed by atoms with E-state index in [9.17, 15) is 0 Å². The highest BCUT2D eigenvalue weighted by Crippen LogP contribution is 2.48. The molecule has 0 radical (unpaired) electrons. The van der Waals surface area contributed by atoms with Crippen LogP contribution in [-0.2, 0) is 0 Å². The van der Waals surface area contributed by atoms with E-state index in [-0.39, 0.29) is 0 Å². The third-order valence-electron chi connectivity index (χ3n) is 11.5. The summed E-state index contributed by atoms with van der Waals surface area (Å²) in [6.45, 7) is 2.17. The van der Waals surface area contributed by atoms with Crippen molar-refractivity contribution in [2.45, 2.75) is 6.92 Å². The molecule has 12 aromatic rings. The Morgan fingerprint density at radius 2 is 0.879 bits per heavy atom. The SMILES string of the molecule is Cc1c(-c2ccccc2)nc(-c2ccccc2)nc1-c1cccc2c1sc1c(-c3cc(-c4ccc5sc6ccccc6c5c4)c4sc5ccccc5c4c3)cccc12. The standard InChI is InChI=1S/C53H32N2S3/c1-31-48(32-14-4-2-5-15-32)54-53(33-16-6-3-7-17-33)55-49(31)41-23-13-22-40-39-21-12-20-36(50(39)58-51(40)41)35-29-42(52-44(30-35)38-19-9-11-25-46(38)57-52)34-26-27-47-43(28-34)37-18-8-10-24-45(37)56-47/h2-30H,1H3. The average Bonchev–Trinajstić information content (AvgIpc) is 3.98. The van der Waals surface area contributed by atoms with Gasteiger partial charge in [0, 0.05) is 88.3 Å². The van der Waals surface area contributed by atoms with Crippen molar-refractivity contribution < 1.29 is 0 Å². The monoisotopic (exact) mass is 792 g/mol. The molecule has 0 amide bonds. The number of benzene rings is 8. The lowest BCUT2D eigenvalue weighted by molar-refractivity contribution is 1.15. The number of thiophene rings is 3. The summed E-state index contributed by atoms with van der Waals surface area (Å²) in [4.78, 5) is 10.5. The zero-order valence-corrected chi connectivity index (χ0v) is 33.8. The van der Waals surface area contributed by atoms with Crippen molar-refractivity contribution in [3.63, 3.8) is 0 Å². The van der Waals surface area contributed by atoms with E-state index in [0.29, 0.717) is 0 Å². The van der Waals surface area contributed by atoms with Crippen molar-refractivity contribution in [2.24, 2.45) is 0 Å². The van der Waals surface area contributed by atoms with Crippen LogP contribution in [0.15, 0.2) is 176 Å². The van der Waals surface area contributed by atoms with E-state index in [1.54, 1.807) is 0 Å². The zero-order chi connectivity index (χ0) is 38.3. The first-order valence-electron chi connectivity index (χ1n) is 19.5. The van der Waals surface area contributed by atoms with Gasteiger partial charge in [0.15, 0.2) is 5.82 Å². The topological polar surface area (TPSA) is 25.8 Å². The minimum atomic E-state index is 0.733. The van der Waals surface area contributed by atoms with Crippen molar-refractivity contribution in [1.29, 1.82) is 0 Å². The molecule has 12 rings (SSSR count). The van der Waals surface area contributed by atoms with Gasteiger partial charge >= 0.3 is 0 Å². The summed E-state index contributed by atoms with van der Waals surface area (Å²) in [5, 5.41) is 7.77. The maximum atomic E-state index is 5.34. The summed E-state index contributed by atoms with van der Waals surface area (Å²) >= 11 is 5.65. The minimum Gasteiger partial charge on any atom is -0.228 e. The molecular formula is C53H32N2S3. The Morgan fingerprint density at radius 3 is 1.64 bits per heavy atom. The molecular weight excluding hydrogens is 761 g/mol. The molecule has 5 heteroatoms. The second-order valence-electron chi connectivity index (χ2n) is 14.9. The van der Waals surface area contributed by atoms with Gasteiger partial charge in [0.2, 0.25) is 0 Å². The molecule has 0 spiro atoms. The van der Waals surface area contributed by atoms with E-state index in [4.69, 9.17) is 9.97 Å². The van der Waals surface area contributed by atoms with Crippen LogP contribution in [0.5, 0.6) is 0 Å². The molecule has 58 heavy (non-hydrogen) atoms. The minimum absolute atomic E-state index is 0.733. The molecule has 272 valence electrons. The van der Waals surface area contributed by atoms with Crippen molar-refractivity contribution in [3.8, 4) is 56.2 Å². The van der Waals surface area contributed by atoms with Crippen molar-refractivity contribution in [2.75, 3.05) is 0 Å². The van der Waals surface area contributed by atoms with Gasteiger partial charge in [0.25, 0.3) is 0 Å². The second kappa shape index (κ2) is 13.3. The van der Waals surface area contributed by atoms with Gasteiger partial charge in [-0.3, -0.25) is 0 Å². The highest BCUT2D eigenvalue weighted by molar-refractivity contribution is 7.27. The first-order chi connectivity index (χ1) is 28.7. The summed E-state index contributed by atoms with van der Waals surface area (Å²) in [7, 11) is 0. The maximum Gasteiger partial charge on any atom is 0.160 e. The Bertz CT molecular complexity index is 3580. The first-order valence-corrected chi connectivity index (χ1v) is 21.9. The molecule has 0 aliphatic rings. The number of rotatable bonds is 5. The van der Waals surface area contributed by atoms with Crippen LogP contribution in [0.25, 0.3) is 117 Å². The van der Waals surface area contributed by atoms with Crippen molar-refractivity contribution >= 4 is 94.5 Å². The summed E-state index contributed by atoms with van der Waals surface area (Å²) in [5.74, 6) is 0.733. The first kappa shape index (κ1) is 33.6. The molecule has 2 nitrogen and oxygen atoms in total. The number of aromatic nitrogens is 2. The number of hydrogen-bond donors (Lipinski definition) is 0. The third kappa shape index (κ3) is 5.28. The summed E-state index contributed by atoms with van der Waals surface area (Å²) in [5.41, 5.74) is 11.2. The molecule has 0 unspecified atom stereocenters. The van der Waals surface area contributed by atoms with Crippen molar-refractivity contribution in [3.05, 3.63) is 181 Å². The molecule has 0 fully saturated rings. The molecule has 4 aromatic heterocycles. The lowest BCUT2D eigenvalue weighted by Gasteiger charge is -2.14. The van der Waals surface area contributed by atoms with Gasteiger partial charge in [0.1, 0.15) is 0 Å². The largest absolute Gasteiger partial charge is 0.228 e. The highest BCUT2D eigenvalue weighted by Gasteiger charge is 2.21. The Kier molecular flexibility index (Phi) is 7.70. The second-order valence-corrected chi connectivity index (χ2v) is 18.0. The van der Waals surface area contributed by atoms with E-state index >= 15 is 0 Å². The van der Waals surface area contributed by atoms with Crippen LogP contribution in [0.4, 0.5) is 0 Å². The fourth-order valence-electron chi connectivity index (χ4n) is 8.70. The van der Waals surface area contributed by atoms with Crippen LogP contribution < -0.4 is 0 Å². The maximum absolute atomic E-state index is 5.34. The fraction of sp³-hybridized carbons (Fsp3) is 0.0189. The quantitative estimate of drug-likeness (QED) is 0.173. The van der Waals surface area contributed by atoms with E-state index in [1.807, 2.05) is 40.1 Å². The summed E-state index contributed by atoms with van der Waals surface area (Å²) in [6, 6.07) is 63.9. The molecule has 0 N–H and O–H groups in total. The van der Waals surface area contributed by atoms with Crippen LogP contribution in [-0.4, -0.2) is 9.97 Å². The van der Waals surface area contributed by atoms with E-state index in [0.717, 1.165) is 39.5 Å². The Balaban J connectivity index is 1.09. The van der Waals surface area contributed by atoms with E-state index < -0.39 is 0 Å². The van der Waals surface area contributed by atoms with Gasteiger partial charge in [0.05, 0.1) is 11.4 Å². The lowest BCUT2D eigenvalue weighted by Crippen LogP contribution is -2.00. The number of nitrogens with zero attached hydrogens (tertiary/aromatic N) is 2. The summed E-state index contributed by atoms with van der Waals surface area (Å²) < 4.78 is 7.82. The van der Waals surface area contributed by atoms with Gasteiger partial charge in [-0.05, 0) is 60.0 Å². The molecule has 0 aliphatic carbocycles. The predicted octanol–water partition coefficient (Wildman–Crippen LogP) is 16.2. The molecule has 4 heterocycles. The molecule has 0 saturated heterocycles. The van der Waals surface area contributed by atoms with Gasteiger partial charge in [-0.2, -0.15) is 0 Å². The van der Waals surface area contributed by atoms with Gasteiger partial charge in [-0.25, -0.2) is 9.97 Å². The number of hydrogen-bond acceptors (Lipinski definition) is 5. The van der Waals surface area contributed by atoms with Crippen molar-refractivity contribution in [1.82, 2.24) is 9.97 Å². The van der Waals surface area contributed by atoms with Gasteiger partial charge < -0.3 is 0 Å². The Hall–Kier alpha value is -6.50.